The lowest BCUT2D eigenvalue weighted by atomic mass is 10.2. The van der Waals surface area contributed by atoms with Crippen LogP contribution in [-0.4, -0.2) is 16.4 Å². The van der Waals surface area contributed by atoms with Gasteiger partial charge < -0.3 is 10.2 Å². The van der Waals surface area contributed by atoms with Crippen LogP contribution in [0.3, 0.4) is 0 Å². The Morgan fingerprint density at radius 3 is 2.15 bits per heavy atom. The summed E-state index contributed by atoms with van der Waals surface area (Å²) in [5.41, 5.74) is 0. The zero-order valence-corrected chi connectivity index (χ0v) is 8.34. The quantitative estimate of drug-likeness (QED) is 0.523. The van der Waals surface area contributed by atoms with Crippen molar-refractivity contribution in [2.75, 3.05) is 0 Å². The van der Waals surface area contributed by atoms with Crippen molar-refractivity contribution in [1.82, 2.24) is 0 Å². The Labute approximate surface area is 79.8 Å². The first-order valence-electron chi connectivity index (χ1n) is 4.46. The highest BCUT2D eigenvalue weighted by molar-refractivity contribution is 5.53. The van der Waals surface area contributed by atoms with Gasteiger partial charge in [-0.05, 0) is 13.3 Å². The van der Waals surface area contributed by atoms with E-state index in [1.807, 2.05) is 6.92 Å². The second kappa shape index (κ2) is 13.4. The number of hydrogen-bond acceptors (Lipinski definition) is 1. The molecule has 0 saturated carbocycles. The molecule has 0 aliphatic carbocycles. The number of hydrogen-bond donors (Lipinski definition) is 2. The van der Waals surface area contributed by atoms with Crippen molar-refractivity contribution in [3.8, 4) is 11.8 Å². The molecule has 0 aromatic rings. The van der Waals surface area contributed by atoms with Crippen LogP contribution in [0.1, 0.15) is 46.0 Å². The van der Waals surface area contributed by atoms with Crippen LogP contribution in [0.4, 0.5) is 4.79 Å². The van der Waals surface area contributed by atoms with Crippen LogP contribution in [-0.2, 0) is 0 Å². The molecular formula is C10H18O3. The Hall–Kier alpha value is -1.17. The summed E-state index contributed by atoms with van der Waals surface area (Å²) in [6.07, 6.45) is 4.58. The van der Waals surface area contributed by atoms with Gasteiger partial charge in [0.15, 0.2) is 0 Å². The molecule has 0 aromatic heterocycles. The minimum Gasteiger partial charge on any atom is -0.450 e. The van der Waals surface area contributed by atoms with Crippen molar-refractivity contribution in [1.29, 1.82) is 0 Å². The fourth-order valence-electron chi connectivity index (χ4n) is 0.765. The second-order valence-corrected chi connectivity index (χ2v) is 2.52. The molecule has 3 nitrogen and oxygen atoms in total. The van der Waals surface area contributed by atoms with Crippen LogP contribution in [0.5, 0.6) is 0 Å². The number of carbonyl (C=O) groups is 1. The SMILES string of the molecule is CC#CCCCCCC.O=C(O)O. The van der Waals surface area contributed by atoms with Gasteiger partial charge in [-0.3, -0.25) is 0 Å². The van der Waals surface area contributed by atoms with E-state index >= 15 is 0 Å². The molecule has 76 valence electrons. The zero-order chi connectivity index (χ0) is 10.5. The van der Waals surface area contributed by atoms with Crippen molar-refractivity contribution < 1.29 is 15.0 Å². The maximum Gasteiger partial charge on any atom is 0.503 e. The summed E-state index contributed by atoms with van der Waals surface area (Å²) in [6.45, 7) is 4.13. The van der Waals surface area contributed by atoms with Gasteiger partial charge in [-0.25, -0.2) is 4.79 Å². The highest BCUT2D eigenvalue weighted by Crippen LogP contribution is 2.00. The second-order valence-electron chi connectivity index (χ2n) is 2.52. The van der Waals surface area contributed by atoms with Gasteiger partial charge in [-0.2, -0.15) is 0 Å². The average molecular weight is 186 g/mol. The van der Waals surface area contributed by atoms with Gasteiger partial charge in [0.2, 0.25) is 0 Å². The molecular weight excluding hydrogens is 168 g/mol. The van der Waals surface area contributed by atoms with Gasteiger partial charge >= 0.3 is 6.16 Å². The first kappa shape index (κ1) is 14.4. The minimum absolute atomic E-state index is 1.09. The molecule has 0 aliphatic rings. The lowest BCUT2D eigenvalue weighted by molar-refractivity contribution is 0.137. The van der Waals surface area contributed by atoms with E-state index in [9.17, 15) is 0 Å². The molecule has 0 fully saturated rings. The van der Waals surface area contributed by atoms with Crippen LogP contribution in [0, 0.1) is 11.8 Å². The number of unbranched alkanes of at least 4 members (excludes halogenated alkanes) is 4. The third-order valence-corrected chi connectivity index (χ3v) is 1.33. The Bertz CT molecular complexity index is 161. The van der Waals surface area contributed by atoms with Crippen molar-refractivity contribution in [2.24, 2.45) is 0 Å². The third kappa shape index (κ3) is 36.2. The van der Waals surface area contributed by atoms with Crippen molar-refractivity contribution in [2.45, 2.75) is 46.0 Å². The Morgan fingerprint density at radius 2 is 1.77 bits per heavy atom. The summed E-state index contributed by atoms with van der Waals surface area (Å²) in [7, 11) is 0. The van der Waals surface area contributed by atoms with E-state index in [-0.39, 0.29) is 0 Å². The maximum absolute atomic E-state index is 8.56. The molecule has 2 N–H and O–H groups in total. The lowest BCUT2D eigenvalue weighted by Gasteiger charge is -1.90. The highest BCUT2D eigenvalue weighted by Gasteiger charge is 1.82. The van der Waals surface area contributed by atoms with E-state index in [1.54, 1.807) is 0 Å². The molecule has 0 atom stereocenters. The van der Waals surface area contributed by atoms with Gasteiger partial charge in [-0.1, -0.05) is 26.2 Å². The van der Waals surface area contributed by atoms with E-state index < -0.39 is 6.16 Å². The van der Waals surface area contributed by atoms with Gasteiger partial charge in [0, 0.05) is 6.42 Å². The summed E-state index contributed by atoms with van der Waals surface area (Å²) in [5.74, 6) is 5.95. The summed E-state index contributed by atoms with van der Waals surface area (Å²) in [5, 5.41) is 13.9. The van der Waals surface area contributed by atoms with E-state index in [0.717, 1.165) is 6.42 Å². The van der Waals surface area contributed by atoms with E-state index in [4.69, 9.17) is 15.0 Å². The predicted molar refractivity (Wildman–Crippen MR) is 52.9 cm³/mol. The van der Waals surface area contributed by atoms with Gasteiger partial charge in [0.1, 0.15) is 0 Å². The average Bonchev–Trinajstić information content (AvgIpc) is 2.03. The molecule has 0 bridgehead atoms. The molecule has 0 aromatic carbocycles. The van der Waals surface area contributed by atoms with Crippen LogP contribution in [0.25, 0.3) is 0 Å². The monoisotopic (exact) mass is 186 g/mol. The lowest BCUT2D eigenvalue weighted by Crippen LogP contribution is -1.81. The van der Waals surface area contributed by atoms with Crippen LogP contribution in [0.2, 0.25) is 0 Å². The molecule has 0 amide bonds. The van der Waals surface area contributed by atoms with Gasteiger partial charge in [-0.15, -0.1) is 11.8 Å². The van der Waals surface area contributed by atoms with Crippen LogP contribution >= 0.6 is 0 Å². The summed E-state index contributed by atoms with van der Waals surface area (Å²) in [4.78, 5) is 8.56. The third-order valence-electron chi connectivity index (χ3n) is 1.33. The zero-order valence-electron chi connectivity index (χ0n) is 8.34. The molecule has 3 heteroatoms. The van der Waals surface area contributed by atoms with Gasteiger partial charge in [0.05, 0.1) is 0 Å². The number of carboxylic acid groups (broad SMARTS) is 2. The normalized spacial score (nSPS) is 7.54. The summed E-state index contributed by atoms with van der Waals surface area (Å²) >= 11 is 0. The molecule has 0 heterocycles. The first-order chi connectivity index (χ1) is 6.15. The summed E-state index contributed by atoms with van der Waals surface area (Å²) < 4.78 is 0. The van der Waals surface area contributed by atoms with Crippen molar-refractivity contribution in [3.63, 3.8) is 0 Å². The van der Waals surface area contributed by atoms with E-state index in [2.05, 4.69) is 18.8 Å². The largest absolute Gasteiger partial charge is 0.503 e. The van der Waals surface area contributed by atoms with E-state index in [0.29, 0.717) is 0 Å². The minimum atomic E-state index is -1.83. The standard InChI is InChI=1S/C9H16.CH2O3/c1-3-5-7-9-8-6-4-2;2-1(3)4/h3,5,7-9H2,1-2H3;(H2,2,3,4). The van der Waals surface area contributed by atoms with Crippen molar-refractivity contribution >= 4 is 6.16 Å². The topological polar surface area (TPSA) is 57.5 Å². The van der Waals surface area contributed by atoms with Crippen LogP contribution in [0.15, 0.2) is 0 Å². The van der Waals surface area contributed by atoms with E-state index in [1.165, 1.54) is 25.7 Å². The molecule has 0 rings (SSSR count). The first-order valence-corrected chi connectivity index (χ1v) is 4.46. The molecule has 0 unspecified atom stereocenters. The smallest absolute Gasteiger partial charge is 0.450 e. The fourth-order valence-corrected chi connectivity index (χ4v) is 0.765. The Balaban J connectivity index is 0. The fraction of sp³-hybridized carbons (Fsp3) is 0.700. The molecule has 0 saturated heterocycles. The highest BCUT2D eigenvalue weighted by atomic mass is 16.6. The Kier molecular flexibility index (Phi) is 14.8. The summed E-state index contributed by atoms with van der Waals surface area (Å²) in [6, 6.07) is 0. The van der Waals surface area contributed by atoms with Gasteiger partial charge in [0.25, 0.3) is 0 Å². The maximum atomic E-state index is 8.56. The molecule has 0 aliphatic heterocycles. The predicted octanol–water partition coefficient (Wildman–Crippen LogP) is 3.20. The van der Waals surface area contributed by atoms with Crippen molar-refractivity contribution in [3.05, 3.63) is 0 Å². The number of rotatable bonds is 4. The Morgan fingerprint density at radius 1 is 1.23 bits per heavy atom. The molecule has 0 spiro atoms. The molecule has 0 radical (unpaired) electrons. The molecule has 13 heavy (non-hydrogen) atoms. The van der Waals surface area contributed by atoms with Crippen LogP contribution < -0.4 is 0 Å².